The molecule has 0 saturated carbocycles. The highest BCUT2D eigenvalue weighted by Gasteiger charge is 2.24. The molecule has 1 aliphatic rings. The first-order valence-electron chi connectivity index (χ1n) is 13.5. The molecule has 8 nitrogen and oxygen atoms in total. The molecule has 0 aliphatic carbocycles. The van der Waals surface area contributed by atoms with Crippen molar-refractivity contribution < 1.29 is 23.5 Å². The predicted molar refractivity (Wildman–Crippen MR) is 164 cm³/mol. The third-order valence-corrected chi connectivity index (χ3v) is 7.49. The summed E-state index contributed by atoms with van der Waals surface area (Å²) < 4.78 is 10.8. The van der Waals surface area contributed by atoms with Crippen molar-refractivity contribution in [3.8, 4) is 11.3 Å². The number of furan rings is 1. The SMILES string of the molecule is COC(=O)c1ccc(N2CCN(C(=O)c3ccccc3)CC2)c(NC(=O)/C=C/c2ccc(-c3ccc(C)c(Cl)c3)o2)c1. The van der Waals surface area contributed by atoms with Crippen LogP contribution in [0.4, 0.5) is 11.4 Å². The number of benzene rings is 3. The van der Waals surface area contributed by atoms with Gasteiger partial charge in [-0.25, -0.2) is 4.79 Å². The van der Waals surface area contributed by atoms with Crippen LogP contribution >= 0.6 is 11.6 Å². The zero-order chi connectivity index (χ0) is 29.6. The number of anilines is 2. The number of carbonyl (C=O) groups excluding carboxylic acids is 3. The topological polar surface area (TPSA) is 92.1 Å². The first kappa shape index (κ1) is 28.7. The maximum absolute atomic E-state index is 13.0. The van der Waals surface area contributed by atoms with Gasteiger partial charge in [0, 0.05) is 48.4 Å². The fourth-order valence-electron chi connectivity index (χ4n) is 4.75. The van der Waals surface area contributed by atoms with E-state index in [9.17, 15) is 14.4 Å². The number of nitrogens with zero attached hydrogens (tertiary/aromatic N) is 2. The molecule has 4 aromatic rings. The summed E-state index contributed by atoms with van der Waals surface area (Å²) in [6, 6.07) is 23.5. The summed E-state index contributed by atoms with van der Waals surface area (Å²) in [5.41, 5.74) is 3.98. The van der Waals surface area contributed by atoms with E-state index in [2.05, 4.69) is 10.2 Å². The first-order chi connectivity index (χ1) is 20.3. The van der Waals surface area contributed by atoms with E-state index in [1.807, 2.05) is 66.4 Å². The number of aryl methyl sites for hydroxylation is 1. The van der Waals surface area contributed by atoms with Crippen molar-refractivity contribution in [3.05, 3.63) is 112 Å². The number of rotatable bonds is 7. The molecule has 0 bridgehead atoms. The summed E-state index contributed by atoms with van der Waals surface area (Å²) in [6.07, 6.45) is 2.95. The van der Waals surface area contributed by atoms with Crippen molar-refractivity contribution in [2.24, 2.45) is 0 Å². The van der Waals surface area contributed by atoms with Gasteiger partial charge in [0.1, 0.15) is 11.5 Å². The number of methoxy groups -OCH3 is 1. The Bertz CT molecular complexity index is 1640. The highest BCUT2D eigenvalue weighted by Crippen LogP contribution is 2.30. The maximum Gasteiger partial charge on any atom is 0.337 e. The molecular weight excluding hydrogens is 554 g/mol. The second kappa shape index (κ2) is 12.8. The smallest absolute Gasteiger partial charge is 0.337 e. The van der Waals surface area contributed by atoms with Gasteiger partial charge < -0.3 is 24.3 Å². The summed E-state index contributed by atoms with van der Waals surface area (Å²) in [4.78, 5) is 42.0. The molecule has 9 heteroatoms. The van der Waals surface area contributed by atoms with Crippen LogP contribution in [0.1, 0.15) is 32.0 Å². The van der Waals surface area contributed by atoms with Crippen LogP contribution in [0.3, 0.4) is 0 Å². The Morgan fingerprint density at radius 1 is 0.905 bits per heavy atom. The van der Waals surface area contributed by atoms with E-state index in [1.54, 1.807) is 30.3 Å². The zero-order valence-corrected chi connectivity index (χ0v) is 24.1. The fourth-order valence-corrected chi connectivity index (χ4v) is 4.93. The van der Waals surface area contributed by atoms with Crippen molar-refractivity contribution >= 4 is 46.8 Å². The average molecular weight is 584 g/mol. The number of esters is 1. The van der Waals surface area contributed by atoms with Gasteiger partial charge in [0.15, 0.2) is 0 Å². The molecule has 1 aromatic heterocycles. The molecule has 2 heterocycles. The molecule has 1 fully saturated rings. The lowest BCUT2D eigenvalue weighted by molar-refractivity contribution is -0.111. The van der Waals surface area contributed by atoms with Gasteiger partial charge in [-0.2, -0.15) is 0 Å². The number of ether oxygens (including phenoxy) is 1. The van der Waals surface area contributed by atoms with Gasteiger partial charge in [0.2, 0.25) is 5.91 Å². The molecular formula is C33H30ClN3O5. The molecule has 1 saturated heterocycles. The van der Waals surface area contributed by atoms with Crippen molar-refractivity contribution in [1.82, 2.24) is 4.90 Å². The van der Waals surface area contributed by atoms with Crippen LogP contribution < -0.4 is 10.2 Å². The Balaban J connectivity index is 1.29. The summed E-state index contributed by atoms with van der Waals surface area (Å²) in [7, 11) is 1.31. The van der Waals surface area contributed by atoms with Crippen LogP contribution in [0.2, 0.25) is 5.02 Å². The summed E-state index contributed by atoms with van der Waals surface area (Å²) in [5.74, 6) is 0.216. The fraction of sp³-hybridized carbons (Fsp3) is 0.182. The van der Waals surface area contributed by atoms with Crippen LogP contribution in [0.25, 0.3) is 17.4 Å². The number of carbonyl (C=O) groups is 3. The Morgan fingerprint density at radius 2 is 1.67 bits per heavy atom. The second-order valence-electron chi connectivity index (χ2n) is 9.86. The molecule has 0 atom stereocenters. The van der Waals surface area contributed by atoms with Crippen LogP contribution in [0.15, 0.2) is 89.4 Å². The minimum atomic E-state index is -0.509. The Labute approximate surface area is 249 Å². The molecule has 0 spiro atoms. The zero-order valence-electron chi connectivity index (χ0n) is 23.3. The van der Waals surface area contributed by atoms with Crippen LogP contribution in [-0.4, -0.2) is 56.0 Å². The summed E-state index contributed by atoms with van der Waals surface area (Å²) >= 11 is 6.25. The van der Waals surface area contributed by atoms with Crippen LogP contribution in [0.5, 0.6) is 0 Å². The van der Waals surface area contributed by atoms with Crippen molar-refractivity contribution in [2.75, 3.05) is 43.5 Å². The van der Waals surface area contributed by atoms with Gasteiger partial charge >= 0.3 is 5.97 Å². The lowest BCUT2D eigenvalue weighted by Gasteiger charge is -2.37. The lowest BCUT2D eigenvalue weighted by atomic mass is 10.1. The minimum Gasteiger partial charge on any atom is -0.465 e. The average Bonchev–Trinajstić information content (AvgIpc) is 3.50. The van der Waals surface area contributed by atoms with Gasteiger partial charge in [0.25, 0.3) is 5.91 Å². The van der Waals surface area contributed by atoms with Gasteiger partial charge in [0.05, 0.1) is 24.0 Å². The molecule has 42 heavy (non-hydrogen) atoms. The normalized spacial score (nSPS) is 13.3. The number of piperazine rings is 1. The molecule has 0 unspecified atom stereocenters. The molecule has 1 aliphatic heterocycles. The highest BCUT2D eigenvalue weighted by atomic mass is 35.5. The van der Waals surface area contributed by atoms with Crippen molar-refractivity contribution in [1.29, 1.82) is 0 Å². The number of amides is 2. The van der Waals surface area contributed by atoms with E-state index in [4.69, 9.17) is 20.8 Å². The highest BCUT2D eigenvalue weighted by molar-refractivity contribution is 6.31. The second-order valence-corrected chi connectivity index (χ2v) is 10.3. The summed E-state index contributed by atoms with van der Waals surface area (Å²) in [5, 5.41) is 3.54. The number of nitrogens with one attached hydrogen (secondary N) is 1. The quantitative estimate of drug-likeness (QED) is 0.202. The molecule has 0 radical (unpaired) electrons. The number of halogens is 1. The predicted octanol–water partition coefficient (Wildman–Crippen LogP) is 6.31. The number of hydrogen-bond donors (Lipinski definition) is 1. The Morgan fingerprint density at radius 3 is 2.38 bits per heavy atom. The largest absolute Gasteiger partial charge is 0.465 e. The lowest BCUT2D eigenvalue weighted by Crippen LogP contribution is -2.49. The van der Waals surface area contributed by atoms with E-state index in [1.165, 1.54) is 13.2 Å². The third-order valence-electron chi connectivity index (χ3n) is 7.09. The Kier molecular flexibility index (Phi) is 8.74. The van der Waals surface area contributed by atoms with Gasteiger partial charge in [-0.3, -0.25) is 9.59 Å². The van der Waals surface area contributed by atoms with Crippen molar-refractivity contribution in [3.63, 3.8) is 0 Å². The molecule has 1 N–H and O–H groups in total. The van der Waals surface area contributed by atoms with Crippen molar-refractivity contribution in [2.45, 2.75) is 6.92 Å². The van der Waals surface area contributed by atoms with E-state index in [-0.39, 0.29) is 5.91 Å². The number of hydrogen-bond acceptors (Lipinski definition) is 6. The monoisotopic (exact) mass is 583 g/mol. The Hall–Kier alpha value is -4.82. The van der Waals surface area contributed by atoms with Gasteiger partial charge in [-0.1, -0.05) is 41.9 Å². The molecule has 3 aromatic carbocycles. The molecule has 2 amide bonds. The van der Waals surface area contributed by atoms with E-state index in [0.717, 1.165) is 16.8 Å². The van der Waals surface area contributed by atoms with Gasteiger partial charge in [-0.05, 0) is 67.1 Å². The standard InChI is InChI=1S/C33H30ClN3O5/c1-22-8-9-24(20-27(22)34)30-14-11-26(42-30)12-15-31(38)35-28-21-25(33(40)41-2)10-13-29(28)36-16-18-37(19-17-36)32(39)23-6-4-3-5-7-23/h3-15,20-21H,16-19H2,1-2H3,(H,35,38)/b15-12+. The van der Waals surface area contributed by atoms with E-state index >= 15 is 0 Å². The van der Waals surface area contributed by atoms with E-state index < -0.39 is 11.9 Å². The van der Waals surface area contributed by atoms with Crippen LogP contribution in [0, 0.1) is 6.92 Å². The van der Waals surface area contributed by atoms with Gasteiger partial charge in [-0.15, -0.1) is 0 Å². The minimum absolute atomic E-state index is 0.0125. The molecule has 214 valence electrons. The molecule has 5 rings (SSSR count). The first-order valence-corrected chi connectivity index (χ1v) is 13.9. The van der Waals surface area contributed by atoms with Crippen LogP contribution in [-0.2, 0) is 9.53 Å². The van der Waals surface area contributed by atoms with E-state index in [0.29, 0.717) is 59.5 Å². The maximum atomic E-state index is 13.0. The summed E-state index contributed by atoms with van der Waals surface area (Å²) in [6.45, 7) is 4.10. The third kappa shape index (κ3) is 6.56.